The van der Waals surface area contributed by atoms with Crippen LogP contribution in [0.15, 0.2) is 22.7 Å². The van der Waals surface area contributed by atoms with E-state index in [9.17, 15) is 4.79 Å². The summed E-state index contributed by atoms with van der Waals surface area (Å²) >= 11 is 1.59. The van der Waals surface area contributed by atoms with E-state index in [1.54, 1.807) is 17.6 Å². The number of piperidine rings is 1. The Kier molecular flexibility index (Phi) is 4.96. The van der Waals surface area contributed by atoms with Gasteiger partial charge in [-0.15, -0.1) is 11.3 Å². The molecule has 1 aromatic heterocycles. The van der Waals surface area contributed by atoms with E-state index in [0.717, 1.165) is 18.0 Å². The fourth-order valence-corrected chi connectivity index (χ4v) is 3.08. The summed E-state index contributed by atoms with van der Waals surface area (Å²) in [6, 6.07) is 3.90. The van der Waals surface area contributed by atoms with Crippen molar-refractivity contribution in [1.29, 1.82) is 0 Å². The molecule has 2 atom stereocenters. The Balaban J connectivity index is 1.75. The third-order valence-corrected chi connectivity index (χ3v) is 4.01. The zero-order chi connectivity index (χ0) is 13.7. The van der Waals surface area contributed by atoms with Crippen molar-refractivity contribution in [2.24, 2.45) is 17.0 Å². The molecular formula is C14H20N2O2S. The maximum absolute atomic E-state index is 12.0. The first kappa shape index (κ1) is 14.1. The topological polar surface area (TPSA) is 41.9 Å². The van der Waals surface area contributed by atoms with E-state index in [1.807, 2.05) is 22.4 Å². The van der Waals surface area contributed by atoms with Crippen molar-refractivity contribution < 1.29 is 9.63 Å². The summed E-state index contributed by atoms with van der Waals surface area (Å²) in [7, 11) is 0. The molecule has 1 aromatic rings. The highest BCUT2D eigenvalue weighted by Crippen LogP contribution is 2.20. The lowest BCUT2D eigenvalue weighted by Gasteiger charge is -2.34. The number of thiophene rings is 1. The van der Waals surface area contributed by atoms with Crippen molar-refractivity contribution >= 4 is 23.5 Å². The molecule has 0 aromatic carbocycles. The van der Waals surface area contributed by atoms with Crippen LogP contribution in [-0.2, 0) is 9.63 Å². The summed E-state index contributed by atoms with van der Waals surface area (Å²) in [6.45, 7) is 6.07. The van der Waals surface area contributed by atoms with Gasteiger partial charge in [-0.1, -0.05) is 25.1 Å². The van der Waals surface area contributed by atoms with Gasteiger partial charge < -0.3 is 9.74 Å². The van der Waals surface area contributed by atoms with Gasteiger partial charge in [-0.25, -0.2) is 0 Å². The molecule has 0 radical (unpaired) electrons. The van der Waals surface area contributed by atoms with E-state index < -0.39 is 0 Å². The highest BCUT2D eigenvalue weighted by Gasteiger charge is 2.25. The summed E-state index contributed by atoms with van der Waals surface area (Å²) in [6.07, 6.45) is 2.83. The maximum Gasteiger partial charge on any atom is 0.263 e. The first-order chi connectivity index (χ1) is 9.15. The van der Waals surface area contributed by atoms with E-state index in [2.05, 4.69) is 19.0 Å². The largest absolute Gasteiger partial charge is 0.386 e. The predicted molar refractivity (Wildman–Crippen MR) is 77.4 cm³/mol. The lowest BCUT2D eigenvalue weighted by molar-refractivity contribution is -0.138. The Morgan fingerprint density at radius 1 is 1.53 bits per heavy atom. The number of carbonyl (C=O) groups is 1. The highest BCUT2D eigenvalue weighted by atomic mass is 32.1. The maximum atomic E-state index is 12.0. The van der Waals surface area contributed by atoms with Crippen LogP contribution in [0.3, 0.4) is 0 Å². The molecule has 1 aliphatic heterocycles. The van der Waals surface area contributed by atoms with Crippen LogP contribution in [0.2, 0.25) is 0 Å². The Hall–Kier alpha value is -1.36. The second-order valence-electron chi connectivity index (χ2n) is 5.27. The molecule has 2 heterocycles. The molecule has 0 bridgehead atoms. The Labute approximate surface area is 118 Å². The number of carbonyl (C=O) groups excluding carboxylic acids is 1. The van der Waals surface area contributed by atoms with E-state index >= 15 is 0 Å². The molecule has 5 heteroatoms. The van der Waals surface area contributed by atoms with Crippen LogP contribution in [0.1, 0.15) is 25.1 Å². The monoisotopic (exact) mass is 280 g/mol. The van der Waals surface area contributed by atoms with Gasteiger partial charge in [0.25, 0.3) is 5.91 Å². The fourth-order valence-electron chi connectivity index (χ4n) is 2.50. The summed E-state index contributed by atoms with van der Waals surface area (Å²) < 4.78 is 0. The van der Waals surface area contributed by atoms with Crippen molar-refractivity contribution in [2.75, 3.05) is 19.7 Å². The minimum Gasteiger partial charge on any atom is -0.386 e. The average Bonchev–Trinajstić information content (AvgIpc) is 2.86. The quantitative estimate of drug-likeness (QED) is 0.628. The smallest absolute Gasteiger partial charge is 0.263 e. The van der Waals surface area contributed by atoms with Crippen molar-refractivity contribution in [3.05, 3.63) is 22.4 Å². The van der Waals surface area contributed by atoms with Gasteiger partial charge in [-0.2, -0.15) is 0 Å². The lowest BCUT2D eigenvalue weighted by Crippen LogP contribution is -2.44. The van der Waals surface area contributed by atoms with Gasteiger partial charge in [0.2, 0.25) is 0 Å². The van der Waals surface area contributed by atoms with Crippen LogP contribution in [0.4, 0.5) is 0 Å². The molecule has 0 spiro atoms. The van der Waals surface area contributed by atoms with Crippen LogP contribution in [-0.4, -0.2) is 36.7 Å². The average molecular weight is 280 g/mol. The Bertz CT molecular complexity index is 421. The second kappa shape index (κ2) is 6.70. The Morgan fingerprint density at radius 2 is 2.26 bits per heavy atom. The number of rotatable bonds is 4. The standard InChI is InChI=1S/C14H20N2O2S/c1-11-6-12(2)9-16(8-11)14(17)10-18-15-7-13-4-3-5-19-13/h3-5,7,11-12H,6,8-10H2,1-2H3/b15-7+. The lowest BCUT2D eigenvalue weighted by atomic mass is 9.92. The van der Waals surface area contributed by atoms with Crippen LogP contribution >= 0.6 is 11.3 Å². The molecule has 1 amide bonds. The molecular weight excluding hydrogens is 260 g/mol. The normalized spacial score (nSPS) is 23.8. The number of nitrogens with zero attached hydrogens (tertiary/aromatic N) is 2. The molecule has 0 aliphatic carbocycles. The highest BCUT2D eigenvalue weighted by molar-refractivity contribution is 7.11. The van der Waals surface area contributed by atoms with Gasteiger partial charge in [-0.05, 0) is 29.7 Å². The van der Waals surface area contributed by atoms with E-state index in [1.165, 1.54) is 6.42 Å². The second-order valence-corrected chi connectivity index (χ2v) is 6.25. The first-order valence-corrected chi connectivity index (χ1v) is 7.49. The van der Waals surface area contributed by atoms with Gasteiger partial charge in [0.1, 0.15) is 0 Å². The van der Waals surface area contributed by atoms with E-state index in [-0.39, 0.29) is 12.5 Å². The van der Waals surface area contributed by atoms with Crippen LogP contribution in [0.25, 0.3) is 0 Å². The summed E-state index contributed by atoms with van der Waals surface area (Å²) in [4.78, 5) is 20.0. The summed E-state index contributed by atoms with van der Waals surface area (Å²) in [5.41, 5.74) is 0. The van der Waals surface area contributed by atoms with Crippen molar-refractivity contribution in [3.8, 4) is 0 Å². The summed E-state index contributed by atoms with van der Waals surface area (Å²) in [5.74, 6) is 1.17. The Morgan fingerprint density at radius 3 is 2.89 bits per heavy atom. The van der Waals surface area contributed by atoms with Gasteiger partial charge in [0.05, 0.1) is 6.21 Å². The van der Waals surface area contributed by atoms with E-state index in [4.69, 9.17) is 4.84 Å². The predicted octanol–water partition coefficient (Wildman–Crippen LogP) is 2.60. The molecule has 0 N–H and O–H groups in total. The zero-order valence-corrected chi connectivity index (χ0v) is 12.2. The van der Waals surface area contributed by atoms with Crippen LogP contribution in [0, 0.1) is 11.8 Å². The molecule has 19 heavy (non-hydrogen) atoms. The number of amides is 1. The van der Waals surface area contributed by atoms with Crippen LogP contribution < -0.4 is 0 Å². The third-order valence-electron chi connectivity index (χ3n) is 3.21. The first-order valence-electron chi connectivity index (χ1n) is 6.61. The van der Waals surface area contributed by atoms with Gasteiger partial charge in [0.15, 0.2) is 6.61 Å². The van der Waals surface area contributed by atoms with Crippen molar-refractivity contribution in [1.82, 2.24) is 4.90 Å². The fraction of sp³-hybridized carbons (Fsp3) is 0.571. The molecule has 4 nitrogen and oxygen atoms in total. The summed E-state index contributed by atoms with van der Waals surface area (Å²) in [5, 5.41) is 5.80. The minimum atomic E-state index is 0.0291. The molecule has 0 saturated carbocycles. The zero-order valence-electron chi connectivity index (χ0n) is 11.4. The van der Waals surface area contributed by atoms with Gasteiger partial charge >= 0.3 is 0 Å². The van der Waals surface area contributed by atoms with Crippen LogP contribution in [0.5, 0.6) is 0 Å². The molecule has 2 unspecified atom stereocenters. The SMILES string of the molecule is CC1CC(C)CN(C(=O)CO/N=C/c2cccs2)C1. The minimum absolute atomic E-state index is 0.0291. The van der Waals surface area contributed by atoms with Crippen molar-refractivity contribution in [2.45, 2.75) is 20.3 Å². The number of oxime groups is 1. The number of hydrogen-bond donors (Lipinski definition) is 0. The molecule has 1 aliphatic rings. The molecule has 104 valence electrons. The molecule has 2 rings (SSSR count). The van der Waals surface area contributed by atoms with Gasteiger partial charge in [0, 0.05) is 18.0 Å². The number of hydrogen-bond acceptors (Lipinski definition) is 4. The van der Waals surface area contributed by atoms with E-state index in [0.29, 0.717) is 11.8 Å². The third kappa shape index (κ3) is 4.35. The molecule has 1 saturated heterocycles. The number of likely N-dealkylation sites (tertiary alicyclic amines) is 1. The van der Waals surface area contributed by atoms with Crippen molar-refractivity contribution in [3.63, 3.8) is 0 Å². The van der Waals surface area contributed by atoms with Gasteiger partial charge in [-0.3, -0.25) is 4.79 Å². The molecule has 1 fully saturated rings.